The van der Waals surface area contributed by atoms with E-state index in [0.29, 0.717) is 0 Å². The molecule has 0 amide bonds. The van der Waals surface area contributed by atoms with E-state index in [1.807, 2.05) is 10.6 Å². The molecule has 3 heterocycles. The molecule has 0 spiro atoms. The minimum atomic E-state index is 0.853. The fourth-order valence-corrected chi connectivity index (χ4v) is 4.00. The average molecular weight is 344 g/mol. The molecule has 0 bridgehead atoms. The normalized spacial score (nSPS) is 15.7. The zero-order valence-electron chi connectivity index (χ0n) is 14.7. The fourth-order valence-electron chi connectivity index (χ4n) is 4.00. The van der Waals surface area contributed by atoms with Crippen molar-refractivity contribution < 1.29 is 4.90 Å². The molecule has 0 saturated carbocycles. The summed E-state index contributed by atoms with van der Waals surface area (Å²) >= 11 is 0. The number of likely N-dealkylation sites (tertiary alicyclic amines) is 1. The molecule has 1 fully saturated rings. The number of hydrogen-bond donors (Lipinski definition) is 1. The molecule has 130 valence electrons. The SMILES string of the molecule is c1ccc(-c2nn3c(C[NH+]4CCCCC4)nnc3c3ccccc23)cc1. The summed E-state index contributed by atoms with van der Waals surface area (Å²) in [5, 5.41) is 16.2. The first-order valence-corrected chi connectivity index (χ1v) is 9.42. The summed E-state index contributed by atoms with van der Waals surface area (Å²) in [6.45, 7) is 3.32. The van der Waals surface area contributed by atoms with Crippen LogP contribution in [0.15, 0.2) is 54.6 Å². The molecule has 1 aliphatic rings. The highest BCUT2D eigenvalue weighted by molar-refractivity contribution is 6.01. The number of aromatic nitrogens is 4. The van der Waals surface area contributed by atoms with Crippen molar-refractivity contribution in [2.75, 3.05) is 13.1 Å². The van der Waals surface area contributed by atoms with Crippen LogP contribution in [-0.4, -0.2) is 32.9 Å². The molecule has 0 atom stereocenters. The van der Waals surface area contributed by atoms with Gasteiger partial charge in [0.15, 0.2) is 5.65 Å². The van der Waals surface area contributed by atoms with Crippen LogP contribution in [0.1, 0.15) is 25.1 Å². The van der Waals surface area contributed by atoms with Crippen molar-refractivity contribution in [3.05, 3.63) is 60.4 Å². The van der Waals surface area contributed by atoms with Gasteiger partial charge in [-0.2, -0.15) is 9.61 Å². The number of nitrogens with zero attached hydrogens (tertiary/aromatic N) is 4. The third-order valence-corrected chi connectivity index (χ3v) is 5.34. The summed E-state index contributed by atoms with van der Waals surface area (Å²) in [5.74, 6) is 0.958. The summed E-state index contributed by atoms with van der Waals surface area (Å²) in [7, 11) is 0. The second-order valence-electron chi connectivity index (χ2n) is 7.10. The molecule has 0 radical (unpaired) electrons. The number of piperidine rings is 1. The van der Waals surface area contributed by atoms with Crippen molar-refractivity contribution in [1.29, 1.82) is 0 Å². The Morgan fingerprint density at radius 2 is 1.54 bits per heavy atom. The lowest BCUT2D eigenvalue weighted by Crippen LogP contribution is -3.11. The Labute approximate surface area is 152 Å². The fraction of sp³-hybridized carbons (Fsp3) is 0.286. The van der Waals surface area contributed by atoms with Crippen molar-refractivity contribution in [2.45, 2.75) is 25.8 Å². The first-order valence-electron chi connectivity index (χ1n) is 9.42. The zero-order valence-corrected chi connectivity index (χ0v) is 14.7. The van der Waals surface area contributed by atoms with E-state index >= 15 is 0 Å². The van der Waals surface area contributed by atoms with Gasteiger partial charge in [-0.05, 0) is 19.3 Å². The minimum absolute atomic E-state index is 0.853. The van der Waals surface area contributed by atoms with Gasteiger partial charge in [0.1, 0.15) is 6.54 Å². The first-order chi connectivity index (χ1) is 12.9. The maximum atomic E-state index is 4.98. The summed E-state index contributed by atoms with van der Waals surface area (Å²) in [6, 6.07) is 18.7. The van der Waals surface area contributed by atoms with Crippen LogP contribution in [0.5, 0.6) is 0 Å². The molecular formula is C21H22N5+. The summed E-state index contributed by atoms with van der Waals surface area (Å²) < 4.78 is 1.96. The number of hydrogen-bond acceptors (Lipinski definition) is 3. The van der Waals surface area contributed by atoms with Crippen molar-refractivity contribution >= 4 is 16.4 Å². The van der Waals surface area contributed by atoms with Crippen molar-refractivity contribution in [2.24, 2.45) is 0 Å². The van der Waals surface area contributed by atoms with E-state index in [2.05, 4.69) is 58.7 Å². The van der Waals surface area contributed by atoms with Crippen molar-refractivity contribution in [3.8, 4) is 11.3 Å². The number of quaternary nitrogens is 1. The molecule has 5 nitrogen and oxygen atoms in total. The van der Waals surface area contributed by atoms with Gasteiger partial charge in [0.05, 0.1) is 18.8 Å². The maximum absolute atomic E-state index is 4.98. The average Bonchev–Trinajstić information content (AvgIpc) is 3.12. The molecular weight excluding hydrogens is 322 g/mol. The third kappa shape index (κ3) is 2.65. The number of fused-ring (bicyclic) bond motifs is 3. The largest absolute Gasteiger partial charge is 0.329 e. The topological polar surface area (TPSA) is 47.5 Å². The van der Waals surface area contributed by atoms with E-state index in [4.69, 9.17) is 5.10 Å². The Bertz CT molecular complexity index is 1050. The Morgan fingerprint density at radius 3 is 2.35 bits per heavy atom. The standard InChI is InChI=1S/C21H21N5/c1-3-9-16(10-4-1)20-17-11-5-6-12-18(17)21-23-22-19(26(21)24-20)15-25-13-7-2-8-14-25/h1,3-6,9-12H,2,7-8,13-15H2/p+1. The van der Waals surface area contributed by atoms with Gasteiger partial charge in [0, 0.05) is 16.3 Å². The highest BCUT2D eigenvalue weighted by Gasteiger charge is 2.20. The summed E-state index contributed by atoms with van der Waals surface area (Å²) in [6.07, 6.45) is 3.96. The van der Waals surface area contributed by atoms with Crippen LogP contribution in [0.25, 0.3) is 27.7 Å². The van der Waals surface area contributed by atoms with Crippen molar-refractivity contribution in [3.63, 3.8) is 0 Å². The molecule has 1 N–H and O–H groups in total. The van der Waals surface area contributed by atoms with E-state index in [9.17, 15) is 0 Å². The molecule has 5 rings (SSSR count). The summed E-state index contributed by atoms with van der Waals surface area (Å²) in [5.41, 5.74) is 2.96. The predicted molar refractivity (Wildman–Crippen MR) is 102 cm³/mol. The highest BCUT2D eigenvalue weighted by atomic mass is 15.4. The zero-order chi connectivity index (χ0) is 17.3. The monoisotopic (exact) mass is 344 g/mol. The van der Waals surface area contributed by atoms with E-state index in [1.165, 1.54) is 32.4 Å². The number of nitrogens with one attached hydrogen (secondary N) is 1. The maximum Gasteiger partial charge on any atom is 0.209 e. The van der Waals surface area contributed by atoms with Crippen LogP contribution in [0, 0.1) is 0 Å². The van der Waals surface area contributed by atoms with Gasteiger partial charge < -0.3 is 4.90 Å². The second-order valence-corrected chi connectivity index (χ2v) is 7.10. The lowest BCUT2D eigenvalue weighted by molar-refractivity contribution is -0.919. The summed E-state index contributed by atoms with van der Waals surface area (Å²) in [4.78, 5) is 1.58. The quantitative estimate of drug-likeness (QED) is 0.621. The van der Waals surface area contributed by atoms with E-state index in [0.717, 1.165) is 40.0 Å². The van der Waals surface area contributed by atoms with E-state index in [1.54, 1.807) is 4.90 Å². The lowest BCUT2D eigenvalue weighted by Gasteiger charge is -2.22. The van der Waals surface area contributed by atoms with Crippen molar-refractivity contribution in [1.82, 2.24) is 19.8 Å². The Morgan fingerprint density at radius 1 is 0.808 bits per heavy atom. The van der Waals surface area contributed by atoms with Crippen LogP contribution in [0.3, 0.4) is 0 Å². The van der Waals surface area contributed by atoms with E-state index in [-0.39, 0.29) is 0 Å². The van der Waals surface area contributed by atoms with Gasteiger partial charge >= 0.3 is 0 Å². The molecule has 0 aliphatic carbocycles. The Balaban J connectivity index is 1.69. The Hall–Kier alpha value is -2.79. The molecule has 5 heteroatoms. The number of rotatable bonds is 3. The Kier molecular flexibility index (Phi) is 3.87. The molecule has 1 aliphatic heterocycles. The smallest absolute Gasteiger partial charge is 0.209 e. The molecule has 1 saturated heterocycles. The van der Waals surface area contributed by atoms with Gasteiger partial charge in [-0.1, -0.05) is 54.6 Å². The molecule has 2 aromatic carbocycles. The minimum Gasteiger partial charge on any atom is -0.329 e. The highest BCUT2D eigenvalue weighted by Crippen LogP contribution is 2.28. The predicted octanol–water partition coefficient (Wildman–Crippen LogP) is 2.51. The number of benzene rings is 2. The van der Waals surface area contributed by atoms with Crippen LogP contribution < -0.4 is 4.90 Å². The van der Waals surface area contributed by atoms with Gasteiger partial charge in [-0.25, -0.2) is 0 Å². The molecule has 2 aromatic heterocycles. The molecule has 26 heavy (non-hydrogen) atoms. The van der Waals surface area contributed by atoms with Crippen LogP contribution in [-0.2, 0) is 6.54 Å². The van der Waals surface area contributed by atoms with Gasteiger partial charge in [0.2, 0.25) is 5.82 Å². The third-order valence-electron chi connectivity index (χ3n) is 5.34. The second kappa shape index (κ2) is 6.50. The van der Waals surface area contributed by atoms with E-state index < -0.39 is 0 Å². The van der Waals surface area contributed by atoms with Gasteiger partial charge in [-0.15, -0.1) is 10.2 Å². The van der Waals surface area contributed by atoms with Crippen LogP contribution >= 0.6 is 0 Å². The molecule has 4 aromatic rings. The van der Waals surface area contributed by atoms with Gasteiger partial charge in [0.25, 0.3) is 0 Å². The molecule has 0 unspecified atom stereocenters. The van der Waals surface area contributed by atoms with Crippen LogP contribution in [0.2, 0.25) is 0 Å². The van der Waals surface area contributed by atoms with Gasteiger partial charge in [-0.3, -0.25) is 0 Å². The van der Waals surface area contributed by atoms with Crippen LogP contribution in [0.4, 0.5) is 0 Å². The lowest BCUT2D eigenvalue weighted by atomic mass is 10.1. The first kappa shape index (κ1) is 15.5.